The second-order valence-electron chi connectivity index (χ2n) is 7.04. The average molecular weight is 381 g/mol. The summed E-state index contributed by atoms with van der Waals surface area (Å²) in [5.41, 5.74) is 2.74. The summed E-state index contributed by atoms with van der Waals surface area (Å²) in [4.78, 5) is 27.2. The topological polar surface area (TPSA) is 80.2 Å². The van der Waals surface area contributed by atoms with Crippen LogP contribution in [-0.2, 0) is 4.79 Å². The number of rotatable bonds is 5. The fourth-order valence-corrected chi connectivity index (χ4v) is 4.24. The summed E-state index contributed by atoms with van der Waals surface area (Å²) in [5.74, 6) is 1.84. The molecule has 5 rings (SSSR count). The standard InChI is InChI=1S/C19H19N5O2S/c25-19(23-13-9-24(10-13)17-8-20-4-5-21-17)12-6-14(7-12)26-15-2-1-3-16-18(15)22-11-27-16/h1-5,8,11-14H,6-7,9-10H2,(H,23,25). The smallest absolute Gasteiger partial charge is 0.223 e. The largest absolute Gasteiger partial charge is 0.488 e. The van der Waals surface area contributed by atoms with E-state index in [1.807, 2.05) is 23.7 Å². The Kier molecular flexibility index (Phi) is 4.12. The van der Waals surface area contributed by atoms with Crippen LogP contribution >= 0.6 is 11.3 Å². The minimum absolute atomic E-state index is 0.0372. The summed E-state index contributed by atoms with van der Waals surface area (Å²) in [6.07, 6.45) is 6.69. The Morgan fingerprint density at radius 3 is 2.93 bits per heavy atom. The van der Waals surface area contributed by atoms with Gasteiger partial charge in [0.25, 0.3) is 0 Å². The van der Waals surface area contributed by atoms with Crippen LogP contribution in [0.3, 0.4) is 0 Å². The Morgan fingerprint density at radius 1 is 1.22 bits per heavy atom. The zero-order valence-electron chi connectivity index (χ0n) is 14.6. The van der Waals surface area contributed by atoms with Crippen LogP contribution in [-0.4, -0.2) is 46.1 Å². The third-order valence-electron chi connectivity index (χ3n) is 5.18. The van der Waals surface area contributed by atoms with Crippen LogP contribution in [0.1, 0.15) is 12.8 Å². The van der Waals surface area contributed by atoms with E-state index < -0.39 is 0 Å². The first kappa shape index (κ1) is 16.4. The first-order chi connectivity index (χ1) is 13.3. The molecule has 0 radical (unpaired) electrons. The first-order valence-corrected chi connectivity index (χ1v) is 9.94. The van der Waals surface area contributed by atoms with Gasteiger partial charge in [-0.05, 0) is 25.0 Å². The normalized spacial score (nSPS) is 22.1. The van der Waals surface area contributed by atoms with Crippen LogP contribution in [0.4, 0.5) is 5.82 Å². The van der Waals surface area contributed by atoms with Gasteiger partial charge in [0.05, 0.1) is 22.4 Å². The predicted octanol–water partition coefficient (Wildman–Crippen LogP) is 2.25. The van der Waals surface area contributed by atoms with Crippen molar-refractivity contribution in [2.24, 2.45) is 5.92 Å². The van der Waals surface area contributed by atoms with Gasteiger partial charge in [0.15, 0.2) is 0 Å². The maximum absolute atomic E-state index is 12.4. The zero-order valence-corrected chi connectivity index (χ0v) is 15.4. The molecular weight excluding hydrogens is 362 g/mol. The molecule has 0 spiro atoms. The van der Waals surface area contributed by atoms with Crippen LogP contribution in [0.15, 0.2) is 42.3 Å². The van der Waals surface area contributed by atoms with E-state index in [9.17, 15) is 4.79 Å². The Labute approximate surface area is 160 Å². The number of carbonyl (C=O) groups is 1. The fraction of sp³-hybridized carbons (Fsp3) is 0.368. The highest BCUT2D eigenvalue weighted by molar-refractivity contribution is 7.16. The Hall–Kier alpha value is -2.74. The van der Waals surface area contributed by atoms with Crippen molar-refractivity contribution >= 4 is 33.3 Å². The van der Waals surface area contributed by atoms with Crippen molar-refractivity contribution in [3.05, 3.63) is 42.3 Å². The molecule has 3 heterocycles. The van der Waals surface area contributed by atoms with E-state index in [0.29, 0.717) is 0 Å². The number of amides is 1. The van der Waals surface area contributed by atoms with Crippen molar-refractivity contribution in [3.8, 4) is 5.75 Å². The number of hydrogen-bond donors (Lipinski definition) is 1. The van der Waals surface area contributed by atoms with Crippen LogP contribution in [0.25, 0.3) is 10.2 Å². The summed E-state index contributed by atoms with van der Waals surface area (Å²) in [6, 6.07) is 6.16. The summed E-state index contributed by atoms with van der Waals surface area (Å²) in [5, 5.41) is 3.13. The van der Waals surface area contributed by atoms with Gasteiger partial charge in [-0.15, -0.1) is 11.3 Å². The number of nitrogens with zero attached hydrogens (tertiary/aromatic N) is 4. The lowest BCUT2D eigenvalue weighted by molar-refractivity contribution is -0.131. The molecule has 0 unspecified atom stereocenters. The number of thiazole rings is 1. The molecule has 1 saturated heterocycles. The van der Waals surface area contributed by atoms with E-state index >= 15 is 0 Å². The fourth-order valence-electron chi connectivity index (χ4n) is 3.54. The number of hydrogen-bond acceptors (Lipinski definition) is 7. The SMILES string of the molecule is O=C(NC1CN(c2cnccn2)C1)C1CC(Oc2cccc3scnc23)C1. The van der Waals surface area contributed by atoms with E-state index in [1.165, 1.54) is 0 Å². The monoisotopic (exact) mass is 381 g/mol. The Balaban J connectivity index is 1.09. The molecule has 1 amide bonds. The second kappa shape index (κ2) is 6.77. The van der Waals surface area contributed by atoms with Gasteiger partial charge in [-0.2, -0.15) is 0 Å². The Bertz CT molecular complexity index is 951. The van der Waals surface area contributed by atoms with Crippen molar-refractivity contribution in [2.45, 2.75) is 25.0 Å². The molecule has 138 valence electrons. The van der Waals surface area contributed by atoms with Crippen molar-refractivity contribution in [1.82, 2.24) is 20.3 Å². The second-order valence-corrected chi connectivity index (χ2v) is 7.92. The van der Waals surface area contributed by atoms with E-state index in [0.717, 1.165) is 47.7 Å². The number of carbonyl (C=O) groups excluding carboxylic acids is 1. The first-order valence-electron chi connectivity index (χ1n) is 9.06. The molecule has 2 aliphatic rings. The van der Waals surface area contributed by atoms with Gasteiger partial charge in [0.2, 0.25) is 5.91 Å². The van der Waals surface area contributed by atoms with Gasteiger partial charge < -0.3 is 15.0 Å². The third kappa shape index (κ3) is 3.21. The minimum Gasteiger partial charge on any atom is -0.488 e. The molecule has 1 saturated carbocycles. The highest BCUT2D eigenvalue weighted by atomic mass is 32.1. The molecule has 0 bridgehead atoms. The Morgan fingerprint density at radius 2 is 2.11 bits per heavy atom. The van der Waals surface area contributed by atoms with Gasteiger partial charge in [-0.3, -0.25) is 9.78 Å². The van der Waals surface area contributed by atoms with Gasteiger partial charge >= 0.3 is 0 Å². The molecule has 0 atom stereocenters. The van der Waals surface area contributed by atoms with Crippen molar-refractivity contribution < 1.29 is 9.53 Å². The number of nitrogens with one attached hydrogen (secondary N) is 1. The van der Waals surface area contributed by atoms with Gasteiger partial charge in [0.1, 0.15) is 23.2 Å². The average Bonchev–Trinajstić information content (AvgIpc) is 3.10. The molecule has 1 N–H and O–H groups in total. The number of fused-ring (bicyclic) bond motifs is 1. The molecule has 1 aliphatic carbocycles. The number of aromatic nitrogens is 3. The summed E-state index contributed by atoms with van der Waals surface area (Å²) < 4.78 is 7.19. The molecule has 2 aromatic heterocycles. The van der Waals surface area contributed by atoms with Gasteiger partial charge in [-0.1, -0.05) is 6.07 Å². The van der Waals surface area contributed by atoms with E-state index in [2.05, 4.69) is 25.2 Å². The quantitative estimate of drug-likeness (QED) is 0.730. The maximum atomic E-state index is 12.4. The van der Waals surface area contributed by atoms with Crippen LogP contribution < -0.4 is 15.0 Å². The van der Waals surface area contributed by atoms with Gasteiger partial charge in [-0.25, -0.2) is 9.97 Å². The third-order valence-corrected chi connectivity index (χ3v) is 5.98. The molecule has 7 nitrogen and oxygen atoms in total. The molecule has 8 heteroatoms. The van der Waals surface area contributed by atoms with Crippen LogP contribution in [0.5, 0.6) is 5.75 Å². The molecule has 1 aliphatic heterocycles. The predicted molar refractivity (Wildman–Crippen MR) is 103 cm³/mol. The van der Waals surface area contributed by atoms with E-state index in [4.69, 9.17) is 4.74 Å². The summed E-state index contributed by atoms with van der Waals surface area (Å²) >= 11 is 1.61. The molecule has 27 heavy (non-hydrogen) atoms. The molecular formula is C19H19N5O2S. The lowest BCUT2D eigenvalue weighted by atomic mass is 9.81. The van der Waals surface area contributed by atoms with E-state index in [-0.39, 0.29) is 24.0 Å². The number of ether oxygens (including phenoxy) is 1. The summed E-state index contributed by atoms with van der Waals surface area (Å²) in [6.45, 7) is 1.56. The van der Waals surface area contributed by atoms with Gasteiger partial charge in [0, 0.05) is 31.4 Å². The number of benzene rings is 1. The molecule has 2 fully saturated rings. The maximum Gasteiger partial charge on any atom is 0.223 e. The van der Waals surface area contributed by atoms with Crippen molar-refractivity contribution in [3.63, 3.8) is 0 Å². The lowest BCUT2D eigenvalue weighted by Crippen LogP contribution is -2.61. The summed E-state index contributed by atoms with van der Waals surface area (Å²) in [7, 11) is 0. The van der Waals surface area contributed by atoms with Crippen molar-refractivity contribution in [1.29, 1.82) is 0 Å². The van der Waals surface area contributed by atoms with Crippen molar-refractivity contribution in [2.75, 3.05) is 18.0 Å². The van der Waals surface area contributed by atoms with Crippen LogP contribution in [0.2, 0.25) is 0 Å². The van der Waals surface area contributed by atoms with E-state index in [1.54, 1.807) is 29.9 Å². The highest BCUT2D eigenvalue weighted by Crippen LogP contribution is 2.35. The number of anilines is 1. The van der Waals surface area contributed by atoms with Crippen LogP contribution in [0, 0.1) is 5.92 Å². The highest BCUT2D eigenvalue weighted by Gasteiger charge is 2.38. The minimum atomic E-state index is 0.0372. The number of para-hydroxylation sites is 1. The lowest BCUT2D eigenvalue weighted by Gasteiger charge is -2.42. The zero-order chi connectivity index (χ0) is 18.2. The molecule has 3 aromatic rings. The molecule has 1 aromatic carbocycles.